The van der Waals surface area contributed by atoms with Gasteiger partial charge in [0.05, 0.1) is 18.8 Å². The molecule has 1 heterocycles. The molecule has 0 radical (unpaired) electrons. The average molecular weight is 281 g/mol. The van der Waals surface area contributed by atoms with Crippen LogP contribution in [0, 0.1) is 0 Å². The van der Waals surface area contributed by atoms with E-state index in [0.29, 0.717) is 12.1 Å². The molecule has 6 heteroatoms. The summed E-state index contributed by atoms with van der Waals surface area (Å²) in [6, 6.07) is 0. The van der Waals surface area contributed by atoms with Crippen LogP contribution in [0.5, 0.6) is 0 Å². The zero-order chi connectivity index (χ0) is 14.4. The monoisotopic (exact) mass is 281 g/mol. The summed E-state index contributed by atoms with van der Waals surface area (Å²) in [5.41, 5.74) is 1.22. The van der Waals surface area contributed by atoms with Gasteiger partial charge in [0.2, 0.25) is 0 Å². The number of hydrogen-bond donors (Lipinski definition) is 2. The van der Waals surface area contributed by atoms with Crippen molar-refractivity contribution in [3.05, 3.63) is 11.9 Å². The lowest BCUT2D eigenvalue weighted by Crippen LogP contribution is -2.52. The molecule has 0 atom stereocenters. The standard InChI is InChI=1S/C14H27N5O/c1-18(2)14(6-4-3-5-7-14)12-15-10-13-11-19(8-9-20)17-16-13/h11,15,20H,3-10,12H2,1-2H3. The van der Waals surface area contributed by atoms with Crippen LogP contribution in [-0.2, 0) is 13.1 Å². The van der Waals surface area contributed by atoms with Crippen molar-refractivity contribution in [2.45, 2.75) is 50.7 Å². The second-order valence-corrected chi connectivity index (χ2v) is 5.98. The van der Waals surface area contributed by atoms with Gasteiger partial charge in [-0.3, -0.25) is 0 Å². The Labute approximate surface area is 121 Å². The number of aliphatic hydroxyl groups is 1. The Kier molecular flexibility index (Phi) is 5.51. The molecule has 1 fully saturated rings. The minimum absolute atomic E-state index is 0.0972. The highest BCUT2D eigenvalue weighted by atomic mass is 16.3. The topological polar surface area (TPSA) is 66.2 Å². The molecule has 1 aromatic heterocycles. The van der Waals surface area contributed by atoms with Crippen LogP contribution in [0.25, 0.3) is 0 Å². The first kappa shape index (κ1) is 15.4. The zero-order valence-electron chi connectivity index (χ0n) is 12.7. The van der Waals surface area contributed by atoms with Crippen molar-refractivity contribution in [3.63, 3.8) is 0 Å². The summed E-state index contributed by atoms with van der Waals surface area (Å²) in [6.45, 7) is 2.34. The van der Waals surface area contributed by atoms with Crippen LogP contribution >= 0.6 is 0 Å². The Morgan fingerprint density at radius 2 is 2.10 bits per heavy atom. The Bertz CT molecular complexity index is 398. The molecule has 0 unspecified atom stereocenters. The van der Waals surface area contributed by atoms with Crippen LogP contribution in [0.4, 0.5) is 0 Å². The number of likely N-dealkylation sites (N-methyl/N-ethyl adjacent to an activating group) is 1. The van der Waals surface area contributed by atoms with Crippen LogP contribution in [0.3, 0.4) is 0 Å². The van der Waals surface area contributed by atoms with Crippen molar-refractivity contribution >= 4 is 0 Å². The molecule has 1 aromatic rings. The summed E-state index contributed by atoms with van der Waals surface area (Å²) in [6.07, 6.45) is 8.45. The average Bonchev–Trinajstić information content (AvgIpc) is 2.88. The van der Waals surface area contributed by atoms with E-state index < -0.39 is 0 Å². The van der Waals surface area contributed by atoms with E-state index in [4.69, 9.17) is 5.11 Å². The van der Waals surface area contributed by atoms with Gasteiger partial charge in [-0.2, -0.15) is 0 Å². The molecule has 0 saturated heterocycles. The first-order valence-electron chi connectivity index (χ1n) is 7.54. The molecule has 20 heavy (non-hydrogen) atoms. The highest BCUT2D eigenvalue weighted by molar-refractivity contribution is 4.96. The zero-order valence-corrected chi connectivity index (χ0v) is 12.7. The number of rotatable bonds is 7. The number of nitrogens with zero attached hydrogens (tertiary/aromatic N) is 4. The van der Waals surface area contributed by atoms with Crippen LogP contribution in [0.2, 0.25) is 0 Å². The minimum Gasteiger partial charge on any atom is -0.394 e. The molecule has 2 rings (SSSR count). The number of hydrogen-bond acceptors (Lipinski definition) is 5. The molecule has 0 aliphatic heterocycles. The van der Waals surface area contributed by atoms with E-state index in [1.54, 1.807) is 4.68 Å². The lowest BCUT2D eigenvalue weighted by molar-refractivity contribution is 0.0983. The summed E-state index contributed by atoms with van der Waals surface area (Å²) in [7, 11) is 4.37. The molecular weight excluding hydrogens is 254 g/mol. The highest BCUT2D eigenvalue weighted by Gasteiger charge is 2.33. The van der Waals surface area contributed by atoms with E-state index in [1.165, 1.54) is 32.1 Å². The second kappa shape index (κ2) is 7.15. The molecule has 6 nitrogen and oxygen atoms in total. The van der Waals surface area contributed by atoms with Crippen molar-refractivity contribution in [3.8, 4) is 0 Å². The lowest BCUT2D eigenvalue weighted by atomic mass is 9.80. The van der Waals surface area contributed by atoms with Crippen LogP contribution in [-0.4, -0.2) is 57.8 Å². The van der Waals surface area contributed by atoms with E-state index in [2.05, 4.69) is 34.6 Å². The van der Waals surface area contributed by atoms with Crippen molar-refractivity contribution in [1.29, 1.82) is 0 Å². The number of aliphatic hydroxyl groups excluding tert-OH is 1. The fourth-order valence-corrected chi connectivity index (χ4v) is 3.05. The Morgan fingerprint density at radius 1 is 1.35 bits per heavy atom. The van der Waals surface area contributed by atoms with Gasteiger partial charge in [0.1, 0.15) is 0 Å². The third-order valence-electron chi connectivity index (χ3n) is 4.41. The van der Waals surface area contributed by atoms with Gasteiger partial charge in [0.25, 0.3) is 0 Å². The van der Waals surface area contributed by atoms with Gasteiger partial charge in [-0.15, -0.1) is 5.10 Å². The smallest absolute Gasteiger partial charge is 0.0964 e. The fraction of sp³-hybridized carbons (Fsp3) is 0.857. The van der Waals surface area contributed by atoms with Gasteiger partial charge in [-0.05, 0) is 26.9 Å². The van der Waals surface area contributed by atoms with Crippen LogP contribution in [0.1, 0.15) is 37.8 Å². The van der Waals surface area contributed by atoms with Gasteiger partial charge in [0, 0.05) is 24.8 Å². The van der Waals surface area contributed by atoms with Gasteiger partial charge >= 0.3 is 0 Å². The minimum atomic E-state index is 0.0972. The molecule has 2 N–H and O–H groups in total. The van der Waals surface area contributed by atoms with Gasteiger partial charge in [-0.1, -0.05) is 24.5 Å². The van der Waals surface area contributed by atoms with Crippen molar-refractivity contribution in [1.82, 2.24) is 25.2 Å². The molecule has 0 aromatic carbocycles. The van der Waals surface area contributed by atoms with Crippen molar-refractivity contribution in [2.24, 2.45) is 0 Å². The SMILES string of the molecule is CN(C)C1(CNCc2cn(CCO)nn2)CCCCC1. The Hall–Kier alpha value is -0.980. The first-order chi connectivity index (χ1) is 9.66. The van der Waals surface area contributed by atoms with E-state index in [9.17, 15) is 0 Å². The largest absolute Gasteiger partial charge is 0.394 e. The maximum Gasteiger partial charge on any atom is 0.0964 e. The van der Waals surface area contributed by atoms with E-state index >= 15 is 0 Å². The summed E-state index contributed by atoms with van der Waals surface area (Å²) in [5.74, 6) is 0. The Balaban J connectivity index is 1.83. The molecule has 0 amide bonds. The van der Waals surface area contributed by atoms with E-state index in [-0.39, 0.29) is 6.61 Å². The van der Waals surface area contributed by atoms with Crippen LogP contribution in [0.15, 0.2) is 6.20 Å². The summed E-state index contributed by atoms with van der Waals surface area (Å²) < 4.78 is 1.68. The number of aromatic nitrogens is 3. The maximum absolute atomic E-state index is 8.86. The third kappa shape index (κ3) is 3.77. The quantitative estimate of drug-likeness (QED) is 0.767. The Morgan fingerprint density at radius 3 is 2.75 bits per heavy atom. The fourth-order valence-electron chi connectivity index (χ4n) is 3.05. The summed E-state index contributed by atoms with van der Waals surface area (Å²) in [5, 5.41) is 20.5. The molecule has 1 saturated carbocycles. The molecule has 0 spiro atoms. The first-order valence-corrected chi connectivity index (χ1v) is 7.54. The van der Waals surface area contributed by atoms with Crippen molar-refractivity contribution in [2.75, 3.05) is 27.2 Å². The van der Waals surface area contributed by atoms with E-state index in [0.717, 1.165) is 18.8 Å². The van der Waals surface area contributed by atoms with Crippen molar-refractivity contribution < 1.29 is 5.11 Å². The van der Waals surface area contributed by atoms with E-state index in [1.807, 2.05) is 6.20 Å². The predicted molar refractivity (Wildman–Crippen MR) is 78.3 cm³/mol. The molecule has 0 bridgehead atoms. The lowest BCUT2D eigenvalue weighted by Gasteiger charge is -2.43. The third-order valence-corrected chi connectivity index (χ3v) is 4.41. The van der Waals surface area contributed by atoms with Gasteiger partial charge < -0.3 is 15.3 Å². The molecule has 1 aliphatic carbocycles. The molecule has 114 valence electrons. The van der Waals surface area contributed by atoms with Gasteiger partial charge in [-0.25, -0.2) is 4.68 Å². The highest BCUT2D eigenvalue weighted by Crippen LogP contribution is 2.31. The predicted octanol–water partition coefficient (Wildman–Crippen LogP) is 0.624. The summed E-state index contributed by atoms with van der Waals surface area (Å²) in [4.78, 5) is 2.38. The molecule has 1 aliphatic rings. The second-order valence-electron chi connectivity index (χ2n) is 5.98. The maximum atomic E-state index is 8.86. The normalized spacial score (nSPS) is 18.6. The molecular formula is C14H27N5O. The van der Waals surface area contributed by atoms with Gasteiger partial charge in [0.15, 0.2) is 0 Å². The van der Waals surface area contributed by atoms with Crippen LogP contribution < -0.4 is 5.32 Å². The number of nitrogens with one attached hydrogen (secondary N) is 1. The summed E-state index contributed by atoms with van der Waals surface area (Å²) >= 11 is 0.